The maximum absolute atomic E-state index is 12.2. The van der Waals surface area contributed by atoms with Gasteiger partial charge in [-0.25, -0.2) is 9.97 Å². The zero-order chi connectivity index (χ0) is 19.4. The van der Waals surface area contributed by atoms with Crippen LogP contribution in [0.25, 0.3) is 22.0 Å². The van der Waals surface area contributed by atoms with Crippen LogP contribution in [-0.2, 0) is 9.53 Å². The molecule has 0 saturated carbocycles. The highest BCUT2D eigenvalue weighted by atomic mass is 32.2. The number of hydrogen-bond donors (Lipinski definition) is 0. The quantitative estimate of drug-likeness (QED) is 0.367. The van der Waals surface area contributed by atoms with Crippen LogP contribution in [0.3, 0.4) is 0 Å². The van der Waals surface area contributed by atoms with Crippen molar-refractivity contribution in [2.45, 2.75) is 30.7 Å². The molecular formula is C21H19N3O2S. The molecule has 0 atom stereocenters. The first-order valence-corrected chi connectivity index (χ1v) is 9.39. The molecule has 0 spiro atoms. The minimum atomic E-state index is -0.785. The fourth-order valence-corrected chi connectivity index (χ4v) is 3.46. The lowest BCUT2D eigenvalue weighted by molar-refractivity contribution is -0.145. The van der Waals surface area contributed by atoms with Crippen LogP contribution >= 0.6 is 11.8 Å². The van der Waals surface area contributed by atoms with Gasteiger partial charge in [0.2, 0.25) is 0 Å². The first-order valence-electron chi connectivity index (χ1n) is 8.57. The standard InChI is InChI=1S/C21H19N3O2S/c1-4-26-19(25)21(2,3)27-20-23-13-16-6-5-7-17(18(16)24-20)15-10-8-14(12-22)9-11-15/h5-11,13H,4H2,1-3H3. The van der Waals surface area contributed by atoms with E-state index in [4.69, 9.17) is 15.0 Å². The predicted octanol–water partition coefficient (Wildman–Crippen LogP) is 4.60. The zero-order valence-electron chi connectivity index (χ0n) is 15.4. The molecule has 0 fully saturated rings. The molecule has 1 aromatic heterocycles. The van der Waals surface area contributed by atoms with E-state index in [1.807, 2.05) is 30.3 Å². The SMILES string of the molecule is CCOC(=O)C(C)(C)Sc1ncc2cccc(-c3ccc(C#N)cc3)c2n1. The normalized spacial score (nSPS) is 11.2. The summed E-state index contributed by atoms with van der Waals surface area (Å²) in [7, 11) is 0. The molecule has 0 radical (unpaired) electrons. The number of benzene rings is 2. The summed E-state index contributed by atoms with van der Waals surface area (Å²) in [5, 5.41) is 10.4. The van der Waals surface area contributed by atoms with Crippen molar-refractivity contribution >= 4 is 28.6 Å². The second-order valence-electron chi connectivity index (χ2n) is 6.42. The summed E-state index contributed by atoms with van der Waals surface area (Å²) in [4.78, 5) is 21.3. The number of aromatic nitrogens is 2. The maximum atomic E-state index is 12.2. The first kappa shape index (κ1) is 18.9. The summed E-state index contributed by atoms with van der Waals surface area (Å²) in [5.41, 5.74) is 3.34. The number of para-hydroxylation sites is 1. The Balaban J connectivity index is 2.01. The van der Waals surface area contributed by atoms with Gasteiger partial charge < -0.3 is 4.74 Å². The molecule has 0 aliphatic carbocycles. The Morgan fingerprint density at radius 2 is 1.96 bits per heavy atom. The largest absolute Gasteiger partial charge is 0.465 e. The number of nitrogens with zero attached hydrogens (tertiary/aromatic N) is 3. The maximum Gasteiger partial charge on any atom is 0.322 e. The summed E-state index contributed by atoms with van der Waals surface area (Å²) >= 11 is 1.28. The smallest absolute Gasteiger partial charge is 0.322 e. The van der Waals surface area contributed by atoms with Gasteiger partial charge in [-0.2, -0.15) is 5.26 Å². The van der Waals surface area contributed by atoms with Gasteiger partial charge in [-0.3, -0.25) is 4.79 Å². The van der Waals surface area contributed by atoms with Crippen molar-refractivity contribution in [1.82, 2.24) is 9.97 Å². The summed E-state index contributed by atoms with van der Waals surface area (Å²) in [6.07, 6.45) is 1.76. The number of hydrogen-bond acceptors (Lipinski definition) is 6. The molecule has 6 heteroatoms. The van der Waals surface area contributed by atoms with Crippen molar-refractivity contribution in [2.75, 3.05) is 6.61 Å². The van der Waals surface area contributed by atoms with Crippen molar-refractivity contribution in [3.63, 3.8) is 0 Å². The summed E-state index contributed by atoms with van der Waals surface area (Å²) in [6.45, 7) is 5.73. The number of thioether (sulfide) groups is 1. The van der Waals surface area contributed by atoms with Gasteiger partial charge in [0.15, 0.2) is 5.16 Å². The molecule has 0 aliphatic rings. The van der Waals surface area contributed by atoms with Crippen LogP contribution < -0.4 is 0 Å². The van der Waals surface area contributed by atoms with E-state index in [1.54, 1.807) is 39.1 Å². The van der Waals surface area contributed by atoms with Crippen LogP contribution in [0.2, 0.25) is 0 Å². The van der Waals surface area contributed by atoms with Crippen molar-refractivity contribution in [3.05, 3.63) is 54.2 Å². The molecule has 0 bridgehead atoms. The van der Waals surface area contributed by atoms with Gasteiger partial charge in [0.25, 0.3) is 0 Å². The first-order chi connectivity index (χ1) is 12.9. The fraction of sp³-hybridized carbons (Fsp3) is 0.238. The minimum absolute atomic E-state index is 0.293. The predicted molar refractivity (Wildman–Crippen MR) is 106 cm³/mol. The molecule has 0 unspecified atom stereocenters. The molecule has 1 heterocycles. The summed E-state index contributed by atoms with van der Waals surface area (Å²) in [6, 6.07) is 15.4. The van der Waals surface area contributed by atoms with E-state index >= 15 is 0 Å². The van der Waals surface area contributed by atoms with Crippen LogP contribution in [-0.4, -0.2) is 27.3 Å². The average Bonchev–Trinajstić information content (AvgIpc) is 2.67. The number of fused-ring (bicyclic) bond motifs is 1. The van der Waals surface area contributed by atoms with E-state index in [2.05, 4.69) is 11.1 Å². The number of esters is 1. The van der Waals surface area contributed by atoms with Gasteiger partial charge in [0, 0.05) is 17.1 Å². The van der Waals surface area contributed by atoms with Crippen molar-refractivity contribution in [1.29, 1.82) is 5.26 Å². The van der Waals surface area contributed by atoms with E-state index < -0.39 is 4.75 Å². The van der Waals surface area contributed by atoms with Crippen LogP contribution in [0.15, 0.2) is 53.8 Å². The molecule has 0 aliphatic heterocycles. The highest BCUT2D eigenvalue weighted by molar-refractivity contribution is 8.01. The Hall–Kier alpha value is -2.91. The van der Waals surface area contributed by atoms with Gasteiger partial charge in [-0.1, -0.05) is 42.1 Å². The molecular weight excluding hydrogens is 358 g/mol. The number of ether oxygens (including phenoxy) is 1. The Bertz CT molecular complexity index is 1020. The summed E-state index contributed by atoms with van der Waals surface area (Å²) < 4.78 is 4.35. The third kappa shape index (κ3) is 4.09. The summed E-state index contributed by atoms with van der Waals surface area (Å²) in [5.74, 6) is -0.293. The minimum Gasteiger partial charge on any atom is -0.465 e. The Morgan fingerprint density at radius 1 is 1.22 bits per heavy atom. The Kier molecular flexibility index (Phi) is 5.43. The second kappa shape index (κ2) is 7.77. The van der Waals surface area contributed by atoms with Crippen LogP contribution in [0, 0.1) is 11.3 Å². The molecule has 0 N–H and O–H groups in total. The van der Waals surface area contributed by atoms with Crippen molar-refractivity contribution in [3.8, 4) is 17.2 Å². The van der Waals surface area contributed by atoms with Crippen molar-refractivity contribution < 1.29 is 9.53 Å². The molecule has 2 aromatic carbocycles. The lowest BCUT2D eigenvalue weighted by atomic mass is 10.0. The third-order valence-electron chi connectivity index (χ3n) is 4.03. The molecule has 27 heavy (non-hydrogen) atoms. The lowest BCUT2D eigenvalue weighted by Crippen LogP contribution is -2.30. The molecule has 3 rings (SSSR count). The van der Waals surface area contributed by atoms with Crippen LogP contribution in [0.1, 0.15) is 26.3 Å². The average molecular weight is 377 g/mol. The van der Waals surface area contributed by atoms with Gasteiger partial charge in [0.1, 0.15) is 4.75 Å². The van der Waals surface area contributed by atoms with Crippen LogP contribution in [0.5, 0.6) is 0 Å². The monoisotopic (exact) mass is 377 g/mol. The zero-order valence-corrected chi connectivity index (χ0v) is 16.2. The lowest BCUT2D eigenvalue weighted by Gasteiger charge is -2.20. The number of rotatable bonds is 5. The number of carbonyl (C=O) groups is 1. The number of nitriles is 1. The third-order valence-corrected chi connectivity index (χ3v) is 5.08. The van der Waals surface area contributed by atoms with Gasteiger partial charge in [-0.05, 0) is 38.5 Å². The van der Waals surface area contributed by atoms with E-state index in [0.29, 0.717) is 17.3 Å². The second-order valence-corrected chi connectivity index (χ2v) is 8.01. The molecule has 0 saturated heterocycles. The highest BCUT2D eigenvalue weighted by Gasteiger charge is 2.31. The van der Waals surface area contributed by atoms with E-state index in [-0.39, 0.29) is 5.97 Å². The van der Waals surface area contributed by atoms with Gasteiger partial charge >= 0.3 is 5.97 Å². The van der Waals surface area contributed by atoms with Crippen molar-refractivity contribution in [2.24, 2.45) is 0 Å². The van der Waals surface area contributed by atoms with E-state index in [0.717, 1.165) is 22.0 Å². The van der Waals surface area contributed by atoms with Crippen LogP contribution in [0.4, 0.5) is 0 Å². The molecule has 0 amide bonds. The number of carbonyl (C=O) groups excluding carboxylic acids is 1. The molecule has 136 valence electrons. The van der Waals surface area contributed by atoms with Gasteiger partial charge in [0.05, 0.1) is 23.8 Å². The molecule has 3 aromatic rings. The topological polar surface area (TPSA) is 75.9 Å². The molecule has 5 nitrogen and oxygen atoms in total. The Morgan fingerprint density at radius 3 is 2.63 bits per heavy atom. The Labute approximate surface area is 162 Å². The fourth-order valence-electron chi connectivity index (χ4n) is 2.62. The highest BCUT2D eigenvalue weighted by Crippen LogP contribution is 2.34. The van der Waals surface area contributed by atoms with E-state index in [1.165, 1.54) is 11.8 Å². The van der Waals surface area contributed by atoms with E-state index in [9.17, 15) is 4.79 Å². The van der Waals surface area contributed by atoms with Gasteiger partial charge in [-0.15, -0.1) is 0 Å².